The number of hydrogen-bond donors (Lipinski definition) is 1. The van der Waals surface area contributed by atoms with Gasteiger partial charge in [0.05, 0.1) is 12.6 Å². The van der Waals surface area contributed by atoms with Crippen molar-refractivity contribution >= 4 is 16.9 Å². The largest absolute Gasteiger partial charge is 0.468 e. The molecule has 1 fully saturated rings. The van der Waals surface area contributed by atoms with Gasteiger partial charge in [0.2, 0.25) is 0 Å². The number of para-hydroxylation sites is 1. The van der Waals surface area contributed by atoms with Crippen molar-refractivity contribution in [1.29, 1.82) is 0 Å². The zero-order valence-electron chi connectivity index (χ0n) is 12.2. The number of ether oxygens (including phenoxy) is 1. The first-order valence-electron chi connectivity index (χ1n) is 7.43. The predicted molar refractivity (Wildman–Crippen MR) is 82.0 cm³/mol. The minimum absolute atomic E-state index is 0.145. The normalized spacial score (nSPS) is 15.9. The van der Waals surface area contributed by atoms with Gasteiger partial charge in [-0.3, -0.25) is 9.78 Å². The predicted octanol–water partition coefficient (Wildman–Crippen LogP) is 2.32. The van der Waals surface area contributed by atoms with E-state index in [-0.39, 0.29) is 12.0 Å². The number of aromatic nitrogens is 1. The van der Waals surface area contributed by atoms with Gasteiger partial charge in [-0.1, -0.05) is 24.3 Å². The number of nitrogens with zero attached hydrogens (tertiary/aromatic N) is 1. The molecule has 0 amide bonds. The van der Waals surface area contributed by atoms with Crippen LogP contribution in [-0.2, 0) is 16.0 Å². The molecule has 1 aromatic carbocycles. The van der Waals surface area contributed by atoms with Crippen LogP contribution >= 0.6 is 0 Å². The Morgan fingerprint density at radius 1 is 1.38 bits per heavy atom. The first-order valence-corrected chi connectivity index (χ1v) is 7.43. The Hall–Kier alpha value is -1.94. The highest BCUT2D eigenvalue weighted by Gasteiger charge is 2.36. The number of hydrogen-bond acceptors (Lipinski definition) is 4. The topological polar surface area (TPSA) is 51.2 Å². The van der Waals surface area contributed by atoms with Crippen molar-refractivity contribution in [2.24, 2.45) is 5.92 Å². The van der Waals surface area contributed by atoms with E-state index in [1.165, 1.54) is 12.7 Å². The fourth-order valence-electron chi connectivity index (χ4n) is 2.73. The van der Waals surface area contributed by atoms with E-state index in [4.69, 9.17) is 4.74 Å². The number of carbonyl (C=O) groups excluding carboxylic acids is 1. The number of methoxy groups -OCH3 is 1. The molecule has 1 atom stereocenters. The smallest absolute Gasteiger partial charge is 0.323 e. The average molecular weight is 284 g/mol. The van der Waals surface area contributed by atoms with E-state index in [9.17, 15) is 4.79 Å². The molecule has 0 aliphatic heterocycles. The van der Waals surface area contributed by atoms with Gasteiger partial charge >= 0.3 is 5.97 Å². The number of carbonyl (C=O) groups is 1. The summed E-state index contributed by atoms with van der Waals surface area (Å²) in [5.41, 5.74) is 2.25. The number of nitrogens with one attached hydrogen (secondary N) is 1. The van der Waals surface area contributed by atoms with Crippen LogP contribution in [0.3, 0.4) is 0 Å². The summed E-state index contributed by atoms with van der Waals surface area (Å²) in [6, 6.07) is 10.1. The van der Waals surface area contributed by atoms with Gasteiger partial charge in [0.15, 0.2) is 0 Å². The van der Waals surface area contributed by atoms with Gasteiger partial charge in [-0.25, -0.2) is 0 Å². The fraction of sp³-hybridized carbons (Fsp3) is 0.412. The molecular weight excluding hydrogens is 264 g/mol. The van der Waals surface area contributed by atoms with E-state index in [1.807, 2.05) is 12.3 Å². The number of esters is 1. The van der Waals surface area contributed by atoms with Crippen LogP contribution in [0.1, 0.15) is 18.4 Å². The molecule has 0 bridgehead atoms. The van der Waals surface area contributed by atoms with Crippen LogP contribution in [0.4, 0.5) is 0 Å². The van der Waals surface area contributed by atoms with Gasteiger partial charge in [-0.05, 0) is 36.8 Å². The summed E-state index contributed by atoms with van der Waals surface area (Å²) in [6.45, 7) is 0.756. The molecule has 1 N–H and O–H groups in total. The highest BCUT2D eigenvalue weighted by atomic mass is 16.5. The van der Waals surface area contributed by atoms with Crippen molar-refractivity contribution in [3.05, 3.63) is 42.1 Å². The van der Waals surface area contributed by atoms with Crippen LogP contribution in [0.25, 0.3) is 10.9 Å². The van der Waals surface area contributed by atoms with E-state index in [1.54, 1.807) is 0 Å². The Morgan fingerprint density at radius 2 is 2.19 bits per heavy atom. The second kappa shape index (κ2) is 6.22. The van der Waals surface area contributed by atoms with Gasteiger partial charge in [-0.2, -0.15) is 0 Å². The minimum atomic E-state index is -0.155. The Bertz CT molecular complexity index is 632. The highest BCUT2D eigenvalue weighted by molar-refractivity contribution is 5.81. The zero-order chi connectivity index (χ0) is 14.7. The van der Waals surface area contributed by atoms with Gasteiger partial charge in [0, 0.05) is 18.1 Å². The second-order valence-corrected chi connectivity index (χ2v) is 5.53. The minimum Gasteiger partial charge on any atom is -0.468 e. The molecule has 1 aliphatic carbocycles. The SMILES string of the molecule is COC(=O)C(NCCc1cccc2cccnc12)C1CC1. The van der Waals surface area contributed by atoms with E-state index < -0.39 is 0 Å². The van der Waals surface area contributed by atoms with Gasteiger partial charge < -0.3 is 10.1 Å². The van der Waals surface area contributed by atoms with Crippen molar-refractivity contribution in [2.75, 3.05) is 13.7 Å². The van der Waals surface area contributed by atoms with E-state index in [2.05, 4.69) is 34.6 Å². The number of benzene rings is 1. The summed E-state index contributed by atoms with van der Waals surface area (Å²) in [4.78, 5) is 16.2. The maximum absolute atomic E-state index is 11.8. The van der Waals surface area contributed by atoms with Crippen LogP contribution in [-0.4, -0.2) is 30.6 Å². The molecule has 1 aromatic heterocycles. The summed E-state index contributed by atoms with van der Waals surface area (Å²) in [5.74, 6) is 0.302. The maximum Gasteiger partial charge on any atom is 0.323 e. The Kier molecular flexibility index (Phi) is 4.15. The van der Waals surface area contributed by atoms with E-state index >= 15 is 0 Å². The molecule has 110 valence electrons. The Balaban J connectivity index is 1.65. The van der Waals surface area contributed by atoms with Crippen molar-refractivity contribution in [3.63, 3.8) is 0 Å². The Morgan fingerprint density at radius 3 is 2.95 bits per heavy atom. The van der Waals surface area contributed by atoms with Crippen molar-refractivity contribution < 1.29 is 9.53 Å². The van der Waals surface area contributed by atoms with E-state index in [0.29, 0.717) is 5.92 Å². The van der Waals surface area contributed by atoms with Gasteiger partial charge in [0.25, 0.3) is 0 Å². The number of fused-ring (bicyclic) bond motifs is 1. The summed E-state index contributed by atoms with van der Waals surface area (Å²) >= 11 is 0. The lowest BCUT2D eigenvalue weighted by Crippen LogP contribution is -2.40. The molecule has 4 nitrogen and oxygen atoms in total. The molecule has 0 saturated heterocycles. The summed E-state index contributed by atoms with van der Waals surface area (Å²) < 4.78 is 4.87. The molecule has 4 heteroatoms. The van der Waals surface area contributed by atoms with Crippen LogP contribution in [0.2, 0.25) is 0 Å². The number of rotatable bonds is 6. The molecule has 21 heavy (non-hydrogen) atoms. The second-order valence-electron chi connectivity index (χ2n) is 5.53. The number of pyridine rings is 1. The third-order valence-electron chi connectivity index (χ3n) is 4.02. The van der Waals surface area contributed by atoms with Crippen molar-refractivity contribution in [1.82, 2.24) is 10.3 Å². The average Bonchev–Trinajstić information content (AvgIpc) is 3.35. The van der Waals surface area contributed by atoms with Crippen molar-refractivity contribution in [3.8, 4) is 0 Å². The molecule has 0 spiro atoms. The standard InChI is InChI=1S/C17H20N2O2/c1-21-17(20)16(14-7-8-14)19-11-9-13-5-2-4-12-6-3-10-18-15(12)13/h2-6,10,14,16,19H,7-9,11H2,1H3. The zero-order valence-corrected chi connectivity index (χ0v) is 12.2. The third kappa shape index (κ3) is 3.22. The maximum atomic E-state index is 11.8. The molecule has 1 saturated carbocycles. The lowest BCUT2D eigenvalue weighted by molar-refractivity contribution is -0.143. The third-order valence-corrected chi connectivity index (χ3v) is 4.02. The molecule has 1 heterocycles. The summed E-state index contributed by atoms with van der Waals surface area (Å²) in [7, 11) is 1.45. The van der Waals surface area contributed by atoms with Crippen LogP contribution in [0.5, 0.6) is 0 Å². The quantitative estimate of drug-likeness (QED) is 0.827. The summed E-state index contributed by atoms with van der Waals surface area (Å²) in [5, 5.41) is 4.50. The van der Waals surface area contributed by atoms with E-state index in [0.717, 1.165) is 36.7 Å². The van der Waals surface area contributed by atoms with Crippen LogP contribution in [0.15, 0.2) is 36.5 Å². The molecule has 1 aliphatic rings. The van der Waals surface area contributed by atoms with Crippen molar-refractivity contribution in [2.45, 2.75) is 25.3 Å². The molecule has 2 aromatic rings. The van der Waals surface area contributed by atoms with Crippen LogP contribution in [0, 0.1) is 5.92 Å². The van der Waals surface area contributed by atoms with Crippen LogP contribution < -0.4 is 5.32 Å². The monoisotopic (exact) mass is 284 g/mol. The molecule has 0 radical (unpaired) electrons. The lowest BCUT2D eigenvalue weighted by atomic mass is 10.1. The molecular formula is C17H20N2O2. The van der Waals surface area contributed by atoms with Gasteiger partial charge in [0.1, 0.15) is 6.04 Å². The first-order chi connectivity index (χ1) is 10.3. The lowest BCUT2D eigenvalue weighted by Gasteiger charge is -2.15. The van der Waals surface area contributed by atoms with Gasteiger partial charge in [-0.15, -0.1) is 0 Å². The molecule has 3 rings (SSSR count). The summed E-state index contributed by atoms with van der Waals surface area (Å²) in [6.07, 6.45) is 4.90. The molecule has 1 unspecified atom stereocenters. The first kappa shape index (κ1) is 14.0. The highest BCUT2D eigenvalue weighted by Crippen LogP contribution is 2.33. The fourth-order valence-corrected chi connectivity index (χ4v) is 2.73. The Labute approximate surface area is 124 Å².